The lowest BCUT2D eigenvalue weighted by Gasteiger charge is -2.03. The van der Waals surface area contributed by atoms with Crippen molar-refractivity contribution in [3.05, 3.63) is 15.6 Å². The summed E-state index contributed by atoms with van der Waals surface area (Å²) < 4.78 is 23.9. The Morgan fingerprint density at radius 3 is 2.33 bits per heavy atom. The van der Waals surface area contributed by atoms with Crippen molar-refractivity contribution in [3.63, 3.8) is 0 Å². The van der Waals surface area contributed by atoms with Gasteiger partial charge in [0.2, 0.25) is 0 Å². The van der Waals surface area contributed by atoms with Crippen LogP contribution in [0.25, 0.3) is 0 Å². The highest BCUT2D eigenvalue weighted by Crippen LogP contribution is 2.26. The number of rotatable bonds is 2. The first-order valence-electron chi connectivity index (χ1n) is 3.42. The van der Waals surface area contributed by atoms with E-state index >= 15 is 0 Å². The number of hydrogen-bond acceptors (Lipinski definition) is 3. The zero-order valence-corrected chi connectivity index (χ0v) is 7.53. The van der Waals surface area contributed by atoms with Crippen molar-refractivity contribution in [2.45, 2.75) is 26.4 Å². The van der Waals surface area contributed by atoms with Crippen LogP contribution in [0.2, 0.25) is 0 Å². The van der Waals surface area contributed by atoms with Crippen molar-refractivity contribution in [3.8, 4) is 0 Å². The lowest BCUT2D eigenvalue weighted by atomic mass is 10.4. The van der Waals surface area contributed by atoms with Crippen LogP contribution in [0.1, 0.15) is 21.7 Å². The molecule has 0 spiro atoms. The van der Waals surface area contributed by atoms with Crippen molar-refractivity contribution in [1.29, 1.82) is 0 Å². The molecule has 0 aliphatic carbocycles. The van der Waals surface area contributed by atoms with E-state index in [0.717, 1.165) is 16.2 Å². The van der Waals surface area contributed by atoms with Crippen LogP contribution in [0.3, 0.4) is 0 Å². The third-order valence-electron chi connectivity index (χ3n) is 1.54. The fourth-order valence-corrected chi connectivity index (χ4v) is 1.65. The molecule has 1 unspecified atom stereocenters. The average Bonchev–Trinajstić information content (AvgIpc) is 2.30. The van der Waals surface area contributed by atoms with Gasteiger partial charge in [-0.15, -0.1) is 11.3 Å². The molecule has 5 heteroatoms. The van der Waals surface area contributed by atoms with Crippen LogP contribution in [0, 0.1) is 13.8 Å². The molecule has 1 atom stereocenters. The number of aromatic nitrogens is 1. The van der Waals surface area contributed by atoms with Crippen molar-refractivity contribution in [2.75, 3.05) is 0 Å². The molecule has 0 aliphatic rings. The molecule has 1 rings (SSSR count). The van der Waals surface area contributed by atoms with Gasteiger partial charge in [0.15, 0.2) is 6.10 Å². The molecular weight excluding hydrogens is 184 g/mol. The Kier molecular flexibility index (Phi) is 2.74. The number of thiazole rings is 1. The Hall–Kier alpha value is -0.550. The molecule has 0 saturated carbocycles. The molecule has 68 valence electrons. The van der Waals surface area contributed by atoms with Gasteiger partial charge in [0.25, 0.3) is 6.43 Å². The predicted molar refractivity (Wildman–Crippen MR) is 42.6 cm³/mol. The molecular formula is C7H9F2NOS. The minimum atomic E-state index is -2.75. The van der Waals surface area contributed by atoms with Gasteiger partial charge in [0.05, 0.1) is 5.69 Å². The van der Waals surface area contributed by atoms with Crippen LogP contribution in [0.5, 0.6) is 0 Å². The van der Waals surface area contributed by atoms with Gasteiger partial charge in [-0.2, -0.15) is 0 Å². The number of aliphatic hydroxyl groups is 1. The summed E-state index contributed by atoms with van der Waals surface area (Å²) in [7, 11) is 0. The normalized spacial score (nSPS) is 13.8. The zero-order valence-electron chi connectivity index (χ0n) is 6.71. The molecule has 0 radical (unpaired) electrons. The molecule has 0 saturated heterocycles. The molecule has 12 heavy (non-hydrogen) atoms. The van der Waals surface area contributed by atoms with E-state index in [1.165, 1.54) is 0 Å². The van der Waals surface area contributed by atoms with E-state index in [1.54, 1.807) is 13.8 Å². The molecule has 0 aromatic carbocycles. The molecule has 1 heterocycles. The van der Waals surface area contributed by atoms with Crippen LogP contribution in [-0.2, 0) is 0 Å². The molecule has 1 N–H and O–H groups in total. The molecule has 2 nitrogen and oxygen atoms in total. The monoisotopic (exact) mass is 193 g/mol. The van der Waals surface area contributed by atoms with Gasteiger partial charge in [-0.25, -0.2) is 13.8 Å². The Bertz CT molecular complexity index is 255. The Balaban J connectivity index is 2.89. The third kappa shape index (κ3) is 1.78. The van der Waals surface area contributed by atoms with Crippen LogP contribution in [-0.4, -0.2) is 16.5 Å². The van der Waals surface area contributed by atoms with E-state index in [2.05, 4.69) is 4.98 Å². The topological polar surface area (TPSA) is 33.1 Å². The van der Waals surface area contributed by atoms with Gasteiger partial charge < -0.3 is 5.11 Å². The minimum absolute atomic E-state index is 0.0972. The summed E-state index contributed by atoms with van der Waals surface area (Å²) in [5, 5.41) is 9.03. The fourth-order valence-electron chi connectivity index (χ4n) is 0.732. The first-order valence-corrected chi connectivity index (χ1v) is 4.24. The maximum absolute atomic E-state index is 12.0. The SMILES string of the molecule is Cc1nc(C(O)C(F)F)sc1C. The van der Waals surface area contributed by atoms with Crippen molar-refractivity contribution < 1.29 is 13.9 Å². The molecule has 0 bridgehead atoms. The van der Waals surface area contributed by atoms with E-state index < -0.39 is 12.5 Å². The first kappa shape index (κ1) is 9.54. The number of aliphatic hydroxyl groups excluding tert-OH is 1. The lowest BCUT2D eigenvalue weighted by Crippen LogP contribution is -2.07. The van der Waals surface area contributed by atoms with Gasteiger partial charge in [0.1, 0.15) is 5.01 Å². The van der Waals surface area contributed by atoms with Crippen molar-refractivity contribution in [1.82, 2.24) is 4.98 Å². The molecule has 0 fully saturated rings. The summed E-state index contributed by atoms with van der Waals surface area (Å²) in [5.41, 5.74) is 0.703. The number of aryl methyl sites for hydroxylation is 2. The van der Waals surface area contributed by atoms with E-state index in [0.29, 0.717) is 5.69 Å². The van der Waals surface area contributed by atoms with E-state index in [1.807, 2.05) is 0 Å². The van der Waals surface area contributed by atoms with Gasteiger partial charge in [-0.1, -0.05) is 0 Å². The summed E-state index contributed by atoms with van der Waals surface area (Å²) in [6, 6.07) is 0. The number of nitrogens with zero attached hydrogens (tertiary/aromatic N) is 1. The van der Waals surface area contributed by atoms with Crippen molar-refractivity contribution in [2.24, 2.45) is 0 Å². The number of alkyl halides is 2. The standard InChI is InChI=1S/C7H9F2NOS/c1-3-4(2)12-7(10-3)5(11)6(8)9/h5-6,11H,1-2H3. The molecule has 1 aromatic heterocycles. The smallest absolute Gasteiger partial charge is 0.270 e. The van der Waals surface area contributed by atoms with E-state index in [9.17, 15) is 8.78 Å². The van der Waals surface area contributed by atoms with Gasteiger partial charge in [-0.3, -0.25) is 0 Å². The highest BCUT2D eigenvalue weighted by Gasteiger charge is 2.22. The second-order valence-corrected chi connectivity index (χ2v) is 3.71. The quantitative estimate of drug-likeness (QED) is 0.779. The van der Waals surface area contributed by atoms with Gasteiger partial charge in [0, 0.05) is 4.88 Å². The zero-order chi connectivity index (χ0) is 9.30. The Morgan fingerprint density at radius 1 is 1.42 bits per heavy atom. The Morgan fingerprint density at radius 2 is 2.00 bits per heavy atom. The van der Waals surface area contributed by atoms with Crippen molar-refractivity contribution >= 4 is 11.3 Å². The molecule has 0 aliphatic heterocycles. The number of halogens is 2. The summed E-state index contributed by atoms with van der Waals surface area (Å²) in [6.07, 6.45) is -4.49. The Labute approximate surface area is 72.9 Å². The average molecular weight is 193 g/mol. The van der Waals surface area contributed by atoms with E-state index in [4.69, 9.17) is 5.11 Å². The predicted octanol–water partition coefficient (Wildman–Crippen LogP) is 2.06. The number of hydrogen-bond donors (Lipinski definition) is 1. The molecule has 1 aromatic rings. The van der Waals surface area contributed by atoms with Crippen LogP contribution in [0.15, 0.2) is 0 Å². The van der Waals surface area contributed by atoms with Crippen LogP contribution in [0.4, 0.5) is 8.78 Å². The summed E-state index contributed by atoms with van der Waals surface area (Å²) >= 11 is 1.11. The van der Waals surface area contributed by atoms with Gasteiger partial charge in [-0.05, 0) is 13.8 Å². The fraction of sp³-hybridized carbons (Fsp3) is 0.571. The van der Waals surface area contributed by atoms with Crippen LogP contribution < -0.4 is 0 Å². The summed E-state index contributed by atoms with van der Waals surface area (Å²) in [5.74, 6) is 0. The van der Waals surface area contributed by atoms with Crippen LogP contribution >= 0.6 is 11.3 Å². The summed E-state index contributed by atoms with van der Waals surface area (Å²) in [6.45, 7) is 3.52. The second-order valence-electron chi connectivity index (χ2n) is 2.47. The van der Waals surface area contributed by atoms with Gasteiger partial charge >= 0.3 is 0 Å². The summed E-state index contributed by atoms with van der Waals surface area (Å²) in [4.78, 5) is 4.69. The maximum atomic E-state index is 12.0. The minimum Gasteiger partial charge on any atom is -0.380 e. The highest BCUT2D eigenvalue weighted by molar-refractivity contribution is 7.11. The first-order chi connectivity index (χ1) is 5.52. The third-order valence-corrected chi connectivity index (χ3v) is 2.68. The van der Waals surface area contributed by atoms with E-state index in [-0.39, 0.29) is 5.01 Å². The molecule has 0 amide bonds. The maximum Gasteiger partial charge on any atom is 0.270 e. The largest absolute Gasteiger partial charge is 0.380 e. The second kappa shape index (κ2) is 3.45. The highest BCUT2D eigenvalue weighted by atomic mass is 32.1. The lowest BCUT2D eigenvalue weighted by molar-refractivity contribution is -0.00592.